The van der Waals surface area contributed by atoms with E-state index in [0.717, 1.165) is 49.3 Å². The summed E-state index contributed by atoms with van der Waals surface area (Å²) in [5, 5.41) is 40.5. The minimum Gasteiger partial charge on any atom is -0.494 e. The van der Waals surface area contributed by atoms with E-state index >= 15 is 0 Å². The first-order valence-corrected chi connectivity index (χ1v) is 34.7. The molecule has 10 N–H and O–H groups in total. The topological polar surface area (TPSA) is 402 Å². The van der Waals surface area contributed by atoms with E-state index in [4.69, 9.17) is 51.7 Å². The number of carboxylic acid groups (broad SMARTS) is 1. The summed E-state index contributed by atoms with van der Waals surface area (Å²) in [4.78, 5) is 111. The lowest BCUT2D eigenvalue weighted by Gasteiger charge is -2.34. The van der Waals surface area contributed by atoms with E-state index in [-0.39, 0.29) is 85.8 Å². The fourth-order valence-electron chi connectivity index (χ4n) is 13.0. The maximum absolute atomic E-state index is 14.2. The number of nitrogens with zero attached hydrogens (tertiary/aromatic N) is 14. The minimum atomic E-state index is -1.05. The Morgan fingerprint density at radius 2 is 1.31 bits per heavy atom. The van der Waals surface area contributed by atoms with Crippen LogP contribution in [0.1, 0.15) is 168 Å². The summed E-state index contributed by atoms with van der Waals surface area (Å²) in [6.07, 6.45) is 9.05. The first kappa shape index (κ1) is 73.9. The fraction of sp³-hybridized carbons (Fsp3) is 0.465. The van der Waals surface area contributed by atoms with Crippen LogP contribution < -0.4 is 42.6 Å². The third kappa shape index (κ3) is 17.8. The quantitative estimate of drug-likeness (QED) is 0.00982. The number of primary amides is 2. The number of methoxy groups -OCH3 is 1. The van der Waals surface area contributed by atoms with E-state index in [0.29, 0.717) is 133 Å². The van der Waals surface area contributed by atoms with E-state index in [2.05, 4.69) is 45.9 Å². The van der Waals surface area contributed by atoms with Gasteiger partial charge in [-0.05, 0) is 153 Å². The Kier molecular flexibility index (Phi) is 24.3. The number of hydrogen-bond acceptors (Lipinski definition) is 19. The number of allylic oxidation sites excluding steroid dienone is 2. The molecule has 542 valence electrons. The molecule has 3 aromatic carbocycles. The first-order chi connectivity index (χ1) is 49.0. The molecule has 2 atom stereocenters. The van der Waals surface area contributed by atoms with Gasteiger partial charge in [0, 0.05) is 69.3 Å². The van der Waals surface area contributed by atoms with E-state index < -0.39 is 41.7 Å². The van der Waals surface area contributed by atoms with Gasteiger partial charge < -0.3 is 65.4 Å². The number of piperidine rings is 1. The molecule has 0 saturated carbocycles. The average Bonchev–Trinajstić information content (AvgIpc) is 1.62. The highest BCUT2D eigenvalue weighted by atomic mass is 16.6. The third-order valence-corrected chi connectivity index (χ3v) is 18.2. The number of imidazole rings is 2. The summed E-state index contributed by atoms with van der Waals surface area (Å²) in [6.45, 7) is 18.6. The number of nitrogens with one attached hydrogen (secondary N) is 3. The molecule has 0 radical (unpaired) electrons. The predicted molar refractivity (Wildman–Crippen MR) is 381 cm³/mol. The standard InChI is InChI=1S/C71H92N20O11/c1-9-90-55(34-43(5)82-90)66(95)78-70-76-52-37-49(63(73)93)39-57(100-8)61(52)88(70)25-13-14-26-89-62-53(77-71(89)79-67(96)56-35-44(6)83-91(56)10-2)38-50(64(74)94)40-58(62)101-31-16-24-85-27-22-48(23-28-85)65-81-80-59-41-86(29-30-87(59)65)68(97)54(33-42(3)4)75-60(92)17-12-11-15-32-102-84-45(7)47-20-18-46(19-21-47)36-51(72)69(98)99/h13-14,18-21,34-35,37-40,42,48,51,54H,9-12,15-17,22-33,36,41,72H2,1-8H3,(H2,73,93)(H2,74,94)(H,75,92)(H,98,99)(H,76,78,95)(H,77,79,96)/b14-13+,84-45+/t51-,54-/m0/s1. The lowest BCUT2D eigenvalue weighted by molar-refractivity contribution is -0.138. The van der Waals surface area contributed by atoms with Crippen molar-refractivity contribution in [2.45, 2.75) is 164 Å². The summed E-state index contributed by atoms with van der Waals surface area (Å²) in [5.74, 6) is -0.783. The van der Waals surface area contributed by atoms with Gasteiger partial charge in [-0.1, -0.05) is 55.4 Å². The Morgan fingerprint density at radius 3 is 1.87 bits per heavy atom. The molecule has 31 nitrogen and oxygen atoms in total. The number of rotatable bonds is 34. The van der Waals surface area contributed by atoms with Gasteiger partial charge in [-0.2, -0.15) is 10.2 Å². The number of benzene rings is 3. The molecule has 0 spiro atoms. The molecule has 10 rings (SSSR count). The van der Waals surface area contributed by atoms with Crippen LogP contribution in [0.5, 0.6) is 11.5 Å². The van der Waals surface area contributed by atoms with Gasteiger partial charge in [0.2, 0.25) is 35.5 Å². The number of fused-ring (bicyclic) bond motifs is 3. The molecule has 6 amide bonds. The Hall–Kier alpha value is -10.8. The Labute approximate surface area is 590 Å². The minimum absolute atomic E-state index is 0.118. The van der Waals surface area contributed by atoms with Gasteiger partial charge in [-0.3, -0.25) is 53.6 Å². The summed E-state index contributed by atoms with van der Waals surface area (Å²) >= 11 is 0. The summed E-state index contributed by atoms with van der Waals surface area (Å²) in [7, 11) is 1.46. The van der Waals surface area contributed by atoms with Gasteiger partial charge in [-0.25, -0.2) is 9.97 Å². The molecule has 2 aliphatic rings. The fourth-order valence-corrected chi connectivity index (χ4v) is 13.0. The molecule has 102 heavy (non-hydrogen) atoms. The SMILES string of the molecule is CCn1nc(C)cc1C(=O)Nc1nc2cc(C(N)=O)cc(OC)c2n1C/C=C/Cn1c(NC(=O)c2cc(C)nn2CC)nc2cc(C(N)=O)cc(OCCCN3CCC(c4nnc5n4CCN(C(=O)[C@H](CC(C)C)NC(=O)CCCCCO/N=C(\C)c4ccc(C[C@H](N)C(=O)O)cc4)C5)CC3)c21. The molecule has 31 heteroatoms. The second-order valence-electron chi connectivity index (χ2n) is 26.2. The highest BCUT2D eigenvalue weighted by Gasteiger charge is 2.34. The number of nitrogens with two attached hydrogens (primary N) is 3. The molecular weight excluding hydrogens is 1310 g/mol. The number of unbranched alkanes of at least 4 members (excludes halogenated alkanes) is 2. The zero-order valence-electron chi connectivity index (χ0n) is 59.1. The second kappa shape index (κ2) is 33.6. The molecule has 1 fully saturated rings. The van der Waals surface area contributed by atoms with Crippen LogP contribution in [-0.2, 0) is 64.9 Å². The Morgan fingerprint density at radius 1 is 0.725 bits per heavy atom. The van der Waals surface area contributed by atoms with Crippen LogP contribution in [0.2, 0.25) is 0 Å². The molecule has 8 aromatic rings. The largest absolute Gasteiger partial charge is 0.494 e. The van der Waals surface area contributed by atoms with Crippen LogP contribution in [0.15, 0.2) is 78.0 Å². The molecular formula is C71H92N20O11. The normalized spacial score (nSPS) is 14.3. The van der Waals surface area contributed by atoms with Crippen LogP contribution >= 0.6 is 0 Å². The highest BCUT2D eigenvalue weighted by Crippen LogP contribution is 2.35. The van der Waals surface area contributed by atoms with Crippen molar-refractivity contribution < 1.29 is 53.0 Å². The maximum Gasteiger partial charge on any atom is 0.320 e. The zero-order chi connectivity index (χ0) is 72.9. The molecule has 2 aliphatic heterocycles. The van der Waals surface area contributed by atoms with E-state index in [1.165, 1.54) is 19.2 Å². The number of likely N-dealkylation sites (tertiary alicyclic amines) is 1. The molecule has 5 aromatic heterocycles. The highest BCUT2D eigenvalue weighted by molar-refractivity contribution is 6.06. The number of carbonyl (C=O) groups is 7. The van der Waals surface area contributed by atoms with E-state index in [1.807, 2.05) is 71.0 Å². The number of aliphatic carboxylic acids is 1. The van der Waals surface area contributed by atoms with Crippen LogP contribution in [0, 0.1) is 19.8 Å². The maximum atomic E-state index is 14.2. The summed E-state index contributed by atoms with van der Waals surface area (Å²) in [6, 6.07) is 15.3. The first-order valence-electron chi connectivity index (χ1n) is 34.7. The van der Waals surface area contributed by atoms with E-state index in [9.17, 15) is 33.6 Å². The number of aromatic nitrogens is 11. The predicted octanol–water partition coefficient (Wildman–Crippen LogP) is 6.47. The van der Waals surface area contributed by atoms with Gasteiger partial charge >= 0.3 is 5.97 Å². The molecule has 1 saturated heterocycles. The number of carbonyl (C=O) groups excluding carboxylic acids is 6. The lowest BCUT2D eigenvalue weighted by atomic mass is 9.95. The number of ether oxygens (including phenoxy) is 2. The van der Waals surface area contributed by atoms with Crippen LogP contribution in [0.3, 0.4) is 0 Å². The van der Waals surface area contributed by atoms with Gasteiger partial charge in [-0.15, -0.1) is 10.2 Å². The van der Waals surface area contributed by atoms with Gasteiger partial charge in [0.1, 0.15) is 58.4 Å². The van der Waals surface area contributed by atoms with E-state index in [1.54, 1.807) is 61.5 Å². The van der Waals surface area contributed by atoms with Gasteiger partial charge in [0.15, 0.2) is 5.82 Å². The van der Waals surface area contributed by atoms with Gasteiger partial charge in [0.25, 0.3) is 11.8 Å². The van der Waals surface area contributed by atoms with Crippen molar-refractivity contribution in [3.05, 3.63) is 129 Å². The van der Waals surface area contributed by atoms with Crippen molar-refractivity contribution in [3.8, 4) is 11.5 Å². The van der Waals surface area contributed by atoms with Crippen molar-refractivity contribution in [2.24, 2.45) is 28.3 Å². The number of anilines is 2. The van der Waals surface area contributed by atoms with Crippen LogP contribution in [-0.4, -0.2) is 174 Å². The summed E-state index contributed by atoms with van der Waals surface area (Å²) in [5.41, 5.74) is 23.6. The second-order valence-corrected chi connectivity index (χ2v) is 26.2. The van der Waals surface area contributed by atoms with Crippen molar-refractivity contribution in [1.82, 2.24) is 68.5 Å². The van der Waals surface area contributed by atoms with Crippen molar-refractivity contribution >= 4 is 81.1 Å². The third-order valence-electron chi connectivity index (χ3n) is 18.2. The van der Waals surface area contributed by atoms with Crippen LogP contribution in [0.4, 0.5) is 11.9 Å². The van der Waals surface area contributed by atoms with Crippen molar-refractivity contribution in [3.63, 3.8) is 0 Å². The lowest BCUT2D eigenvalue weighted by Crippen LogP contribution is -2.51. The Balaban J connectivity index is 0.752. The molecule has 0 unspecified atom stereocenters. The van der Waals surface area contributed by atoms with Crippen molar-refractivity contribution in [1.29, 1.82) is 0 Å². The molecule has 0 aliphatic carbocycles. The van der Waals surface area contributed by atoms with Crippen LogP contribution in [0.25, 0.3) is 22.1 Å². The monoisotopic (exact) mass is 1400 g/mol. The molecule has 0 bridgehead atoms. The summed E-state index contributed by atoms with van der Waals surface area (Å²) < 4.78 is 21.2. The number of aryl methyl sites for hydroxylation is 4. The zero-order valence-corrected chi connectivity index (χ0v) is 59.1. The molecule has 7 heterocycles. The number of oxime groups is 1. The smallest absolute Gasteiger partial charge is 0.320 e. The average molecular weight is 1400 g/mol. The van der Waals surface area contributed by atoms with Crippen molar-refractivity contribution in [2.75, 3.05) is 57.1 Å². The Bertz CT molecular complexity index is 4440. The number of amides is 6. The van der Waals surface area contributed by atoms with Gasteiger partial charge in [0.05, 0.1) is 48.4 Å². The number of hydrogen-bond donors (Lipinski definition) is 7. The number of carboxylic acids is 1.